The zero-order chi connectivity index (χ0) is 33.2. The predicted octanol–water partition coefficient (Wildman–Crippen LogP) is 6.88. The molecule has 0 bridgehead atoms. The van der Waals surface area contributed by atoms with Crippen LogP contribution >= 0.6 is 0 Å². The van der Waals surface area contributed by atoms with Crippen molar-refractivity contribution in [1.29, 1.82) is 0 Å². The number of hydrogen-bond acceptors (Lipinski definition) is 5. The average Bonchev–Trinajstić information content (AvgIpc) is 3.45. The summed E-state index contributed by atoms with van der Waals surface area (Å²) in [5, 5.41) is 15.6. The lowest BCUT2D eigenvalue weighted by Crippen LogP contribution is -2.36. The van der Waals surface area contributed by atoms with E-state index in [0.29, 0.717) is 6.42 Å². The van der Waals surface area contributed by atoms with Crippen molar-refractivity contribution in [2.24, 2.45) is 0 Å². The Hall–Kier alpha value is -4.71. The molecule has 0 saturated carbocycles. The van der Waals surface area contributed by atoms with Gasteiger partial charge in [0.05, 0.1) is 30.3 Å². The van der Waals surface area contributed by atoms with Crippen LogP contribution in [0.25, 0.3) is 11.1 Å². The maximum absolute atomic E-state index is 15.7. The molecule has 0 amide bonds. The SMILES string of the molecule is COc1cccc(-c2c(C)c(Cc3c(F)cccc3C(F)(F)F)c3n(c2=O)C(C(NCCCC(=O)O)c2ccccc2)CN3)c1F. The highest BCUT2D eigenvalue weighted by atomic mass is 19.4. The summed E-state index contributed by atoms with van der Waals surface area (Å²) in [7, 11) is 1.27. The summed E-state index contributed by atoms with van der Waals surface area (Å²) >= 11 is 0. The molecule has 0 radical (unpaired) electrons. The molecule has 0 spiro atoms. The van der Waals surface area contributed by atoms with Crippen LogP contribution in [-0.4, -0.2) is 35.8 Å². The van der Waals surface area contributed by atoms with E-state index < -0.39 is 59.0 Å². The molecule has 3 N–H and O–H groups in total. The van der Waals surface area contributed by atoms with E-state index in [0.717, 1.165) is 23.8 Å². The topological polar surface area (TPSA) is 92.6 Å². The Morgan fingerprint density at radius 3 is 2.46 bits per heavy atom. The summed E-state index contributed by atoms with van der Waals surface area (Å²) in [5.74, 6) is -2.78. The van der Waals surface area contributed by atoms with E-state index >= 15 is 8.78 Å². The normalized spacial score (nSPS) is 14.9. The summed E-state index contributed by atoms with van der Waals surface area (Å²) in [6.45, 7) is 1.95. The maximum Gasteiger partial charge on any atom is 0.416 e. The number of halogens is 5. The molecular weight excluding hydrogens is 609 g/mol. The Balaban J connectivity index is 1.74. The van der Waals surface area contributed by atoms with Crippen LogP contribution in [0.3, 0.4) is 0 Å². The van der Waals surface area contributed by atoms with Gasteiger partial charge in [0.15, 0.2) is 11.6 Å². The monoisotopic (exact) mass is 641 g/mol. The number of rotatable bonds is 11. The third-order valence-corrected chi connectivity index (χ3v) is 8.30. The van der Waals surface area contributed by atoms with Gasteiger partial charge in [-0.3, -0.25) is 14.2 Å². The smallest absolute Gasteiger partial charge is 0.416 e. The standard InChI is InChI=1S/C34H32F5N3O4/c1-19-22(17-23-24(34(37,38)39)12-7-13-25(23)35)32-41-18-26(31(20-9-4-3-5-10-20)40-16-8-15-28(43)44)42(32)33(45)29(19)21-11-6-14-27(46-2)30(21)36/h3-7,9-14,26,31,40-41H,8,15-18H2,1-2H3,(H,43,44). The molecule has 2 atom stereocenters. The largest absolute Gasteiger partial charge is 0.494 e. The van der Waals surface area contributed by atoms with Gasteiger partial charge in [0.25, 0.3) is 5.56 Å². The molecular formula is C34H32F5N3O4. The van der Waals surface area contributed by atoms with Gasteiger partial charge < -0.3 is 20.5 Å². The zero-order valence-corrected chi connectivity index (χ0v) is 25.1. The number of nitrogens with zero attached hydrogens (tertiary/aromatic N) is 1. The van der Waals surface area contributed by atoms with E-state index in [1.165, 1.54) is 36.8 Å². The Labute approximate surface area is 261 Å². The van der Waals surface area contributed by atoms with Crippen LogP contribution in [0.1, 0.15) is 52.7 Å². The van der Waals surface area contributed by atoms with E-state index in [4.69, 9.17) is 9.84 Å². The minimum Gasteiger partial charge on any atom is -0.494 e. The molecule has 1 aliphatic rings. The lowest BCUT2D eigenvalue weighted by atomic mass is 9.91. The minimum atomic E-state index is -4.85. The Morgan fingerprint density at radius 2 is 1.78 bits per heavy atom. The number of aliphatic carboxylic acids is 1. The number of hydrogen-bond donors (Lipinski definition) is 3. The van der Waals surface area contributed by atoms with Crippen molar-refractivity contribution in [3.8, 4) is 16.9 Å². The molecule has 12 heteroatoms. The fraction of sp³-hybridized carbons (Fsp3) is 0.294. The number of fused-ring (bicyclic) bond motifs is 1. The molecule has 3 aromatic carbocycles. The molecule has 4 aromatic rings. The van der Waals surface area contributed by atoms with Crippen LogP contribution in [0.5, 0.6) is 5.75 Å². The molecule has 46 heavy (non-hydrogen) atoms. The van der Waals surface area contributed by atoms with Gasteiger partial charge in [-0.2, -0.15) is 13.2 Å². The van der Waals surface area contributed by atoms with E-state index in [1.807, 2.05) is 30.3 Å². The maximum atomic E-state index is 15.7. The summed E-state index contributed by atoms with van der Waals surface area (Å²) in [6.07, 6.45) is -5.17. The van der Waals surface area contributed by atoms with Gasteiger partial charge in [-0.1, -0.05) is 48.5 Å². The lowest BCUT2D eigenvalue weighted by molar-refractivity contribution is -0.138. The molecule has 1 aromatic heterocycles. The second-order valence-corrected chi connectivity index (χ2v) is 11.1. The fourth-order valence-electron chi connectivity index (χ4n) is 6.13. The van der Waals surface area contributed by atoms with E-state index in [-0.39, 0.29) is 53.3 Å². The van der Waals surface area contributed by atoms with Crippen LogP contribution in [0.15, 0.2) is 71.5 Å². The van der Waals surface area contributed by atoms with Crippen molar-refractivity contribution >= 4 is 11.8 Å². The van der Waals surface area contributed by atoms with Gasteiger partial charge >= 0.3 is 12.1 Å². The molecule has 0 saturated heterocycles. The molecule has 0 aliphatic carbocycles. The summed E-state index contributed by atoms with van der Waals surface area (Å²) in [6, 6.07) is 14.9. The molecule has 2 unspecified atom stereocenters. The van der Waals surface area contributed by atoms with Crippen molar-refractivity contribution in [2.45, 2.75) is 44.4 Å². The number of nitrogens with one attached hydrogen (secondary N) is 2. The number of pyridine rings is 1. The highest BCUT2D eigenvalue weighted by molar-refractivity contribution is 5.74. The summed E-state index contributed by atoms with van der Waals surface area (Å²) in [4.78, 5) is 25.6. The zero-order valence-electron chi connectivity index (χ0n) is 25.1. The van der Waals surface area contributed by atoms with Crippen LogP contribution in [0.4, 0.5) is 27.8 Å². The van der Waals surface area contributed by atoms with Crippen LogP contribution in [0.2, 0.25) is 0 Å². The minimum absolute atomic E-state index is 0.0826. The van der Waals surface area contributed by atoms with E-state index in [2.05, 4.69) is 10.6 Å². The first kappa shape index (κ1) is 32.7. The van der Waals surface area contributed by atoms with Crippen molar-refractivity contribution in [3.63, 3.8) is 0 Å². The number of ether oxygens (including phenoxy) is 1. The Bertz CT molecular complexity index is 1810. The van der Waals surface area contributed by atoms with E-state index in [1.54, 1.807) is 0 Å². The van der Waals surface area contributed by atoms with Crippen molar-refractivity contribution in [3.05, 3.63) is 117 Å². The number of carbonyl (C=O) groups is 1. The predicted molar refractivity (Wildman–Crippen MR) is 163 cm³/mol. The van der Waals surface area contributed by atoms with Crippen LogP contribution in [0, 0.1) is 18.6 Å². The third-order valence-electron chi connectivity index (χ3n) is 8.30. The number of aromatic nitrogens is 1. The van der Waals surface area contributed by atoms with Gasteiger partial charge in [0.2, 0.25) is 0 Å². The average molecular weight is 642 g/mol. The van der Waals surface area contributed by atoms with Crippen LogP contribution in [-0.2, 0) is 17.4 Å². The van der Waals surface area contributed by atoms with Crippen molar-refractivity contribution in [2.75, 3.05) is 25.5 Å². The van der Waals surface area contributed by atoms with Gasteiger partial charge in [-0.05, 0) is 49.2 Å². The number of carboxylic acids is 1. The second-order valence-electron chi connectivity index (χ2n) is 11.1. The first-order valence-corrected chi connectivity index (χ1v) is 14.6. The first-order chi connectivity index (χ1) is 21.9. The summed E-state index contributed by atoms with van der Waals surface area (Å²) in [5.41, 5.74) is -1.39. The highest BCUT2D eigenvalue weighted by Crippen LogP contribution is 2.41. The highest BCUT2D eigenvalue weighted by Gasteiger charge is 2.38. The van der Waals surface area contributed by atoms with Gasteiger partial charge in [-0.15, -0.1) is 0 Å². The Kier molecular flexibility index (Phi) is 9.47. The van der Waals surface area contributed by atoms with Gasteiger partial charge in [0, 0.05) is 36.1 Å². The van der Waals surface area contributed by atoms with Crippen molar-refractivity contribution in [1.82, 2.24) is 9.88 Å². The van der Waals surface area contributed by atoms with E-state index in [9.17, 15) is 22.8 Å². The number of alkyl halides is 3. The number of benzene rings is 3. The van der Waals surface area contributed by atoms with Gasteiger partial charge in [-0.25, -0.2) is 8.78 Å². The molecule has 242 valence electrons. The number of anilines is 1. The molecule has 5 rings (SSSR count). The number of methoxy groups -OCH3 is 1. The first-order valence-electron chi connectivity index (χ1n) is 14.6. The quantitative estimate of drug-likeness (QED) is 0.122. The molecule has 2 heterocycles. The van der Waals surface area contributed by atoms with Crippen molar-refractivity contribution < 1.29 is 36.6 Å². The van der Waals surface area contributed by atoms with Crippen LogP contribution < -0.4 is 20.9 Å². The Morgan fingerprint density at radius 1 is 1.07 bits per heavy atom. The summed E-state index contributed by atoms with van der Waals surface area (Å²) < 4.78 is 79.6. The number of carboxylic acid groups (broad SMARTS) is 1. The van der Waals surface area contributed by atoms with Gasteiger partial charge in [0.1, 0.15) is 11.6 Å². The lowest BCUT2D eigenvalue weighted by Gasteiger charge is -2.28. The second kappa shape index (κ2) is 13.3. The molecule has 7 nitrogen and oxygen atoms in total. The molecule has 0 fully saturated rings. The fourth-order valence-corrected chi connectivity index (χ4v) is 6.13. The third kappa shape index (κ3) is 6.34. The molecule has 1 aliphatic heterocycles.